The second-order valence-electron chi connectivity index (χ2n) is 4.29. The van der Waals surface area contributed by atoms with Gasteiger partial charge in [0.25, 0.3) is 5.91 Å². The molecule has 2 amide bonds. The monoisotopic (exact) mass is 298 g/mol. The number of aromatic amines is 1. The summed E-state index contributed by atoms with van der Waals surface area (Å²) in [7, 11) is 2.97. The van der Waals surface area contributed by atoms with Gasteiger partial charge in [-0.1, -0.05) is 0 Å². The minimum atomic E-state index is -1.28. The van der Waals surface area contributed by atoms with Crippen LogP contribution in [-0.4, -0.2) is 71.6 Å². The van der Waals surface area contributed by atoms with E-state index in [2.05, 4.69) is 15.3 Å². The highest BCUT2D eigenvalue weighted by Gasteiger charge is 2.23. The highest BCUT2D eigenvalue weighted by atomic mass is 16.5. The average Bonchev–Trinajstić information content (AvgIpc) is 2.92. The number of likely N-dealkylation sites (N-methyl/N-ethyl adjacent to an activating group) is 1. The Hall–Kier alpha value is -2.42. The molecule has 0 saturated carbocycles. The van der Waals surface area contributed by atoms with E-state index in [0.717, 1.165) is 11.2 Å². The molecule has 1 rings (SSSR count). The molecule has 0 bridgehead atoms. The van der Waals surface area contributed by atoms with Crippen molar-refractivity contribution in [1.82, 2.24) is 20.2 Å². The Bertz CT molecular complexity index is 514. The molecule has 1 heterocycles. The summed E-state index contributed by atoms with van der Waals surface area (Å²) >= 11 is 0. The SMILES string of the molecule is COCCCNC(=O)CN(C)C(=O)c1nc[nH]c1C(=O)O. The Labute approximate surface area is 121 Å². The summed E-state index contributed by atoms with van der Waals surface area (Å²) in [6.45, 7) is 0.791. The van der Waals surface area contributed by atoms with E-state index >= 15 is 0 Å². The van der Waals surface area contributed by atoms with E-state index in [4.69, 9.17) is 9.84 Å². The van der Waals surface area contributed by atoms with Crippen molar-refractivity contribution in [2.24, 2.45) is 0 Å². The van der Waals surface area contributed by atoms with Crippen LogP contribution in [0.3, 0.4) is 0 Å². The van der Waals surface area contributed by atoms with Crippen molar-refractivity contribution < 1.29 is 24.2 Å². The molecule has 1 aromatic heterocycles. The molecular weight excluding hydrogens is 280 g/mol. The van der Waals surface area contributed by atoms with Crippen LogP contribution in [0, 0.1) is 0 Å². The van der Waals surface area contributed by atoms with Crippen molar-refractivity contribution in [2.45, 2.75) is 6.42 Å². The van der Waals surface area contributed by atoms with Gasteiger partial charge in [0.15, 0.2) is 11.4 Å². The number of nitrogens with zero attached hydrogens (tertiary/aromatic N) is 2. The maximum absolute atomic E-state index is 12.0. The number of amides is 2. The second kappa shape index (κ2) is 8.00. The number of carboxylic acid groups (broad SMARTS) is 1. The largest absolute Gasteiger partial charge is 0.477 e. The molecule has 0 fully saturated rings. The smallest absolute Gasteiger partial charge is 0.354 e. The summed E-state index contributed by atoms with van der Waals surface area (Å²) in [5, 5.41) is 11.5. The van der Waals surface area contributed by atoms with Gasteiger partial charge in [-0.15, -0.1) is 0 Å². The van der Waals surface area contributed by atoms with E-state index in [0.29, 0.717) is 19.6 Å². The normalized spacial score (nSPS) is 10.2. The Kier molecular flexibility index (Phi) is 6.34. The lowest BCUT2D eigenvalue weighted by Gasteiger charge is -2.15. The van der Waals surface area contributed by atoms with Gasteiger partial charge in [-0.3, -0.25) is 9.59 Å². The number of aromatic nitrogens is 2. The minimum Gasteiger partial charge on any atom is -0.477 e. The third-order valence-corrected chi connectivity index (χ3v) is 2.63. The number of carbonyl (C=O) groups excluding carboxylic acids is 2. The molecule has 116 valence electrons. The number of carbonyl (C=O) groups is 3. The summed E-state index contributed by atoms with van der Waals surface area (Å²) in [5.74, 6) is -2.26. The first-order chi connectivity index (χ1) is 9.97. The first-order valence-corrected chi connectivity index (χ1v) is 6.25. The summed E-state index contributed by atoms with van der Waals surface area (Å²) < 4.78 is 4.84. The lowest BCUT2D eigenvalue weighted by atomic mass is 10.3. The lowest BCUT2D eigenvalue weighted by molar-refractivity contribution is -0.121. The van der Waals surface area contributed by atoms with Crippen LogP contribution in [0.2, 0.25) is 0 Å². The van der Waals surface area contributed by atoms with Gasteiger partial charge in [0.2, 0.25) is 5.91 Å². The third-order valence-electron chi connectivity index (χ3n) is 2.63. The maximum Gasteiger partial charge on any atom is 0.354 e. The number of imidazole rings is 1. The molecule has 0 aliphatic rings. The number of ether oxygens (including phenoxy) is 1. The molecule has 9 heteroatoms. The number of H-pyrrole nitrogens is 1. The van der Waals surface area contributed by atoms with Crippen molar-refractivity contribution in [1.29, 1.82) is 0 Å². The van der Waals surface area contributed by atoms with Gasteiger partial charge < -0.3 is 25.0 Å². The van der Waals surface area contributed by atoms with Crippen LogP contribution in [0.5, 0.6) is 0 Å². The van der Waals surface area contributed by atoms with Gasteiger partial charge in [0.1, 0.15) is 0 Å². The predicted octanol–water partition coefficient (Wildman–Crippen LogP) is -0.667. The number of hydrogen-bond donors (Lipinski definition) is 3. The number of methoxy groups -OCH3 is 1. The van der Waals surface area contributed by atoms with Gasteiger partial charge in [0, 0.05) is 27.3 Å². The fourth-order valence-electron chi connectivity index (χ4n) is 1.59. The predicted molar refractivity (Wildman–Crippen MR) is 72.0 cm³/mol. The summed E-state index contributed by atoms with van der Waals surface area (Å²) in [6, 6.07) is 0. The molecule has 3 N–H and O–H groups in total. The Morgan fingerprint density at radius 1 is 1.48 bits per heavy atom. The third kappa shape index (κ3) is 4.88. The zero-order valence-electron chi connectivity index (χ0n) is 11.9. The Morgan fingerprint density at radius 2 is 2.19 bits per heavy atom. The molecule has 0 aliphatic carbocycles. The summed E-state index contributed by atoms with van der Waals surface area (Å²) in [4.78, 5) is 41.7. The molecule has 1 aromatic rings. The van der Waals surface area contributed by atoms with Crippen molar-refractivity contribution >= 4 is 17.8 Å². The first-order valence-electron chi connectivity index (χ1n) is 6.25. The molecule has 21 heavy (non-hydrogen) atoms. The zero-order valence-corrected chi connectivity index (χ0v) is 11.9. The van der Waals surface area contributed by atoms with Crippen LogP contribution in [0.1, 0.15) is 27.4 Å². The van der Waals surface area contributed by atoms with Crippen molar-refractivity contribution in [3.63, 3.8) is 0 Å². The number of aromatic carboxylic acids is 1. The molecular formula is C12H18N4O5. The van der Waals surface area contributed by atoms with E-state index < -0.39 is 11.9 Å². The average molecular weight is 298 g/mol. The van der Waals surface area contributed by atoms with Crippen molar-refractivity contribution in [3.8, 4) is 0 Å². The zero-order chi connectivity index (χ0) is 15.8. The van der Waals surface area contributed by atoms with E-state index in [1.807, 2.05) is 0 Å². The van der Waals surface area contributed by atoms with Crippen LogP contribution in [0.15, 0.2) is 6.33 Å². The van der Waals surface area contributed by atoms with Gasteiger partial charge in [-0.2, -0.15) is 0 Å². The van der Waals surface area contributed by atoms with Gasteiger partial charge in [-0.25, -0.2) is 9.78 Å². The van der Waals surface area contributed by atoms with Crippen LogP contribution in [0.4, 0.5) is 0 Å². The lowest BCUT2D eigenvalue weighted by Crippen LogP contribution is -2.39. The molecule has 0 atom stereocenters. The van der Waals surface area contributed by atoms with Gasteiger partial charge >= 0.3 is 5.97 Å². The van der Waals surface area contributed by atoms with Crippen molar-refractivity contribution in [3.05, 3.63) is 17.7 Å². The number of rotatable bonds is 8. The highest BCUT2D eigenvalue weighted by Crippen LogP contribution is 2.06. The summed E-state index contributed by atoms with van der Waals surface area (Å²) in [6.07, 6.45) is 1.79. The van der Waals surface area contributed by atoms with E-state index in [1.54, 1.807) is 7.11 Å². The summed E-state index contributed by atoms with van der Waals surface area (Å²) in [5.41, 5.74) is -0.524. The molecule has 9 nitrogen and oxygen atoms in total. The molecule has 0 saturated heterocycles. The number of hydrogen-bond acceptors (Lipinski definition) is 5. The van der Waals surface area contributed by atoms with Crippen LogP contribution in [-0.2, 0) is 9.53 Å². The quantitative estimate of drug-likeness (QED) is 0.547. The minimum absolute atomic E-state index is 0.183. The standard InChI is InChI=1S/C12H18N4O5/c1-16(6-8(17)13-4-3-5-21-2)11(18)9-10(12(19)20)15-7-14-9/h7H,3-6H2,1-2H3,(H,13,17)(H,14,15)(H,19,20). The molecule has 0 radical (unpaired) electrons. The van der Waals surface area contributed by atoms with Crippen LogP contribution < -0.4 is 5.32 Å². The van der Waals surface area contributed by atoms with Crippen LogP contribution in [0.25, 0.3) is 0 Å². The van der Waals surface area contributed by atoms with E-state index in [1.165, 1.54) is 7.05 Å². The Morgan fingerprint density at radius 3 is 2.81 bits per heavy atom. The molecule has 0 aliphatic heterocycles. The highest BCUT2D eigenvalue weighted by molar-refractivity contribution is 6.03. The molecule has 0 unspecified atom stereocenters. The maximum atomic E-state index is 12.0. The molecule has 0 aromatic carbocycles. The first kappa shape index (κ1) is 16.6. The van der Waals surface area contributed by atoms with E-state index in [-0.39, 0.29) is 23.8 Å². The van der Waals surface area contributed by atoms with Crippen molar-refractivity contribution in [2.75, 3.05) is 33.9 Å². The number of nitrogens with one attached hydrogen (secondary N) is 2. The fourth-order valence-corrected chi connectivity index (χ4v) is 1.59. The topological polar surface area (TPSA) is 125 Å². The van der Waals surface area contributed by atoms with E-state index in [9.17, 15) is 14.4 Å². The van der Waals surface area contributed by atoms with Crippen LogP contribution >= 0.6 is 0 Å². The second-order valence-corrected chi connectivity index (χ2v) is 4.29. The fraction of sp³-hybridized carbons (Fsp3) is 0.500. The van der Waals surface area contributed by atoms with Gasteiger partial charge in [-0.05, 0) is 6.42 Å². The Balaban J connectivity index is 2.52. The molecule has 0 spiro atoms. The number of carboxylic acids is 1. The van der Waals surface area contributed by atoms with Gasteiger partial charge in [0.05, 0.1) is 12.9 Å².